The van der Waals surface area contributed by atoms with Crippen molar-refractivity contribution in [2.75, 3.05) is 23.3 Å². The molecule has 3 rings (SSSR count). The van der Waals surface area contributed by atoms with Gasteiger partial charge in [-0.25, -0.2) is 0 Å². The summed E-state index contributed by atoms with van der Waals surface area (Å²) >= 11 is 0. The summed E-state index contributed by atoms with van der Waals surface area (Å²) in [5.41, 5.74) is 3.34. The number of carbonyl (C=O) groups excluding carboxylic acids is 1. The van der Waals surface area contributed by atoms with Gasteiger partial charge in [-0.2, -0.15) is 0 Å². The van der Waals surface area contributed by atoms with Crippen molar-refractivity contribution < 1.29 is 4.79 Å². The molecule has 3 nitrogen and oxygen atoms in total. The highest BCUT2D eigenvalue weighted by molar-refractivity contribution is 5.95. The fraction of sp³-hybridized carbons (Fsp3) is 0.350. The molecule has 0 unspecified atom stereocenters. The van der Waals surface area contributed by atoms with Gasteiger partial charge < -0.3 is 10.2 Å². The highest BCUT2D eigenvalue weighted by Gasteiger charge is 2.43. The van der Waals surface area contributed by atoms with Crippen LogP contribution in [0.25, 0.3) is 0 Å². The van der Waals surface area contributed by atoms with E-state index in [0.29, 0.717) is 5.92 Å². The Morgan fingerprint density at radius 1 is 1.04 bits per heavy atom. The summed E-state index contributed by atoms with van der Waals surface area (Å²) < 4.78 is 0. The van der Waals surface area contributed by atoms with Crippen LogP contribution in [0.1, 0.15) is 31.7 Å². The first-order valence-electron chi connectivity index (χ1n) is 8.43. The Bertz CT molecular complexity index is 647. The molecule has 1 amide bonds. The van der Waals surface area contributed by atoms with Crippen LogP contribution in [-0.4, -0.2) is 19.0 Å². The number of rotatable bonds is 6. The predicted octanol–water partition coefficient (Wildman–Crippen LogP) is 4.28. The summed E-state index contributed by atoms with van der Waals surface area (Å²) in [7, 11) is 0. The lowest BCUT2D eigenvalue weighted by molar-refractivity contribution is -0.117. The second kappa shape index (κ2) is 6.86. The molecule has 1 saturated carbocycles. The van der Waals surface area contributed by atoms with Gasteiger partial charge in [0.2, 0.25) is 5.91 Å². The number of benzene rings is 2. The van der Waals surface area contributed by atoms with Crippen molar-refractivity contribution in [3.8, 4) is 0 Å². The van der Waals surface area contributed by atoms with Gasteiger partial charge in [-0.05, 0) is 56.0 Å². The second-order valence-electron chi connectivity index (χ2n) is 6.07. The van der Waals surface area contributed by atoms with E-state index in [1.165, 1.54) is 11.3 Å². The molecule has 0 bridgehead atoms. The Labute approximate surface area is 138 Å². The maximum absolute atomic E-state index is 12.4. The van der Waals surface area contributed by atoms with Crippen molar-refractivity contribution in [1.29, 1.82) is 0 Å². The summed E-state index contributed by atoms with van der Waals surface area (Å²) in [6.45, 7) is 6.28. The molecule has 2 aromatic rings. The van der Waals surface area contributed by atoms with Gasteiger partial charge >= 0.3 is 0 Å². The van der Waals surface area contributed by atoms with E-state index < -0.39 is 0 Å². The zero-order valence-electron chi connectivity index (χ0n) is 13.8. The predicted molar refractivity (Wildman–Crippen MR) is 95.9 cm³/mol. The summed E-state index contributed by atoms with van der Waals surface area (Å²) in [6.07, 6.45) is 0.952. The van der Waals surface area contributed by atoms with Gasteiger partial charge in [0.05, 0.1) is 0 Å². The van der Waals surface area contributed by atoms with Crippen LogP contribution in [0, 0.1) is 5.92 Å². The minimum atomic E-state index is 0.111. The molecule has 0 spiro atoms. The average Bonchev–Trinajstić information content (AvgIpc) is 3.39. The Morgan fingerprint density at radius 2 is 1.70 bits per heavy atom. The van der Waals surface area contributed by atoms with Gasteiger partial charge in [0.15, 0.2) is 0 Å². The van der Waals surface area contributed by atoms with E-state index >= 15 is 0 Å². The molecule has 0 aliphatic heterocycles. The van der Waals surface area contributed by atoms with E-state index in [0.717, 1.165) is 25.2 Å². The molecule has 2 atom stereocenters. The third-order valence-electron chi connectivity index (χ3n) is 4.62. The van der Waals surface area contributed by atoms with E-state index in [1.54, 1.807) is 0 Å². The van der Waals surface area contributed by atoms with Gasteiger partial charge in [0.25, 0.3) is 0 Å². The van der Waals surface area contributed by atoms with Crippen molar-refractivity contribution in [2.45, 2.75) is 26.2 Å². The SMILES string of the molecule is CCN(CC)c1ccc(NC(=O)[C@@H]2C[C@H]2c2ccccc2)cc1. The summed E-state index contributed by atoms with van der Waals surface area (Å²) in [4.78, 5) is 14.7. The number of nitrogens with one attached hydrogen (secondary N) is 1. The topological polar surface area (TPSA) is 32.3 Å². The molecule has 1 aliphatic carbocycles. The number of amides is 1. The molecule has 2 aromatic carbocycles. The van der Waals surface area contributed by atoms with Crippen LogP contribution in [0.3, 0.4) is 0 Å². The van der Waals surface area contributed by atoms with Crippen LogP contribution in [-0.2, 0) is 4.79 Å². The molecule has 3 heteroatoms. The average molecular weight is 308 g/mol. The lowest BCUT2D eigenvalue weighted by Crippen LogP contribution is -2.21. The van der Waals surface area contributed by atoms with Crippen LogP contribution >= 0.6 is 0 Å². The molecule has 0 heterocycles. The first kappa shape index (κ1) is 15.6. The summed E-state index contributed by atoms with van der Waals surface area (Å²) in [5, 5.41) is 3.05. The smallest absolute Gasteiger partial charge is 0.228 e. The molecule has 1 N–H and O–H groups in total. The van der Waals surface area contributed by atoms with Crippen LogP contribution < -0.4 is 10.2 Å². The Hall–Kier alpha value is -2.29. The molecule has 0 aromatic heterocycles. The van der Waals surface area contributed by atoms with Crippen molar-refractivity contribution in [1.82, 2.24) is 0 Å². The maximum atomic E-state index is 12.4. The lowest BCUT2D eigenvalue weighted by Gasteiger charge is -2.21. The standard InChI is InChI=1S/C20H24N2O/c1-3-22(4-2)17-12-10-16(11-13-17)21-20(23)19-14-18(19)15-8-6-5-7-9-15/h5-13,18-19H,3-4,14H2,1-2H3,(H,21,23)/t18-,19+/m0/s1. The molecule has 1 fully saturated rings. The minimum Gasteiger partial charge on any atom is -0.372 e. The molecule has 1 aliphatic rings. The van der Waals surface area contributed by atoms with Crippen LogP contribution in [0.4, 0.5) is 11.4 Å². The number of anilines is 2. The Kier molecular flexibility index (Phi) is 4.65. The quantitative estimate of drug-likeness (QED) is 0.864. The highest BCUT2D eigenvalue weighted by atomic mass is 16.2. The van der Waals surface area contributed by atoms with Gasteiger partial charge in [-0.15, -0.1) is 0 Å². The first-order valence-corrected chi connectivity index (χ1v) is 8.43. The molecule has 23 heavy (non-hydrogen) atoms. The van der Waals surface area contributed by atoms with E-state index in [9.17, 15) is 4.79 Å². The van der Waals surface area contributed by atoms with Gasteiger partial charge in [-0.3, -0.25) is 4.79 Å². The van der Waals surface area contributed by atoms with Crippen LogP contribution in [0.15, 0.2) is 54.6 Å². The molecular formula is C20H24N2O. The molecule has 0 saturated heterocycles. The van der Waals surface area contributed by atoms with E-state index in [1.807, 2.05) is 30.3 Å². The van der Waals surface area contributed by atoms with Gasteiger partial charge in [-0.1, -0.05) is 30.3 Å². The van der Waals surface area contributed by atoms with Crippen molar-refractivity contribution in [3.63, 3.8) is 0 Å². The number of nitrogens with zero attached hydrogens (tertiary/aromatic N) is 1. The van der Waals surface area contributed by atoms with E-state index in [-0.39, 0.29) is 11.8 Å². The van der Waals surface area contributed by atoms with Crippen LogP contribution in [0.5, 0.6) is 0 Å². The van der Waals surface area contributed by atoms with Crippen molar-refractivity contribution in [3.05, 3.63) is 60.2 Å². The fourth-order valence-corrected chi connectivity index (χ4v) is 3.13. The highest BCUT2D eigenvalue weighted by Crippen LogP contribution is 2.47. The zero-order chi connectivity index (χ0) is 16.2. The fourth-order valence-electron chi connectivity index (χ4n) is 3.13. The number of carbonyl (C=O) groups is 1. The van der Waals surface area contributed by atoms with E-state index in [2.05, 4.69) is 48.3 Å². The summed E-state index contributed by atoms with van der Waals surface area (Å²) in [5.74, 6) is 0.625. The maximum Gasteiger partial charge on any atom is 0.228 e. The van der Waals surface area contributed by atoms with Crippen molar-refractivity contribution >= 4 is 17.3 Å². The minimum absolute atomic E-state index is 0.111. The van der Waals surface area contributed by atoms with Gasteiger partial charge in [0.1, 0.15) is 0 Å². The lowest BCUT2D eigenvalue weighted by atomic mass is 10.1. The molecule has 120 valence electrons. The summed E-state index contributed by atoms with van der Waals surface area (Å²) in [6, 6.07) is 18.4. The van der Waals surface area contributed by atoms with E-state index in [4.69, 9.17) is 0 Å². The Balaban J connectivity index is 1.59. The van der Waals surface area contributed by atoms with Crippen molar-refractivity contribution in [2.24, 2.45) is 5.92 Å². The first-order chi connectivity index (χ1) is 11.2. The Morgan fingerprint density at radius 3 is 2.30 bits per heavy atom. The molecular weight excluding hydrogens is 284 g/mol. The second-order valence-corrected chi connectivity index (χ2v) is 6.07. The number of hydrogen-bond acceptors (Lipinski definition) is 2. The molecule has 0 radical (unpaired) electrons. The normalized spacial score (nSPS) is 19.2. The van der Waals surface area contributed by atoms with Crippen LogP contribution in [0.2, 0.25) is 0 Å². The largest absolute Gasteiger partial charge is 0.372 e. The third-order valence-corrected chi connectivity index (χ3v) is 4.62. The third kappa shape index (κ3) is 3.55. The zero-order valence-corrected chi connectivity index (χ0v) is 13.8. The van der Waals surface area contributed by atoms with Gasteiger partial charge in [0, 0.05) is 30.4 Å². The monoisotopic (exact) mass is 308 g/mol. The number of hydrogen-bond donors (Lipinski definition) is 1.